The number of methoxy groups -OCH3 is 1. The third-order valence-corrected chi connectivity index (χ3v) is 4.87. The number of piperidine rings is 1. The third-order valence-electron chi connectivity index (χ3n) is 4.63. The molecule has 2 aromatic carbocycles. The zero-order valence-corrected chi connectivity index (χ0v) is 15.9. The summed E-state index contributed by atoms with van der Waals surface area (Å²) in [6.45, 7) is 1.80. The van der Waals surface area contributed by atoms with E-state index in [1.165, 1.54) is 13.5 Å². The van der Waals surface area contributed by atoms with E-state index in [2.05, 4.69) is 10.2 Å². The Morgan fingerprint density at radius 1 is 1.11 bits per heavy atom. The Kier molecular flexibility index (Phi) is 5.86. The van der Waals surface area contributed by atoms with Crippen LogP contribution in [0.3, 0.4) is 0 Å². The molecule has 1 aliphatic rings. The molecule has 2 amide bonds. The second kappa shape index (κ2) is 8.31. The summed E-state index contributed by atoms with van der Waals surface area (Å²) >= 11 is 6.04. The minimum Gasteiger partial charge on any atom is -0.496 e. The van der Waals surface area contributed by atoms with Gasteiger partial charge in [-0.05, 0) is 55.7 Å². The molecule has 6 nitrogen and oxygen atoms in total. The van der Waals surface area contributed by atoms with Crippen LogP contribution in [-0.2, 0) is 0 Å². The summed E-state index contributed by atoms with van der Waals surface area (Å²) in [5.41, 5.74) is 7.48. The molecule has 0 saturated carbocycles. The van der Waals surface area contributed by atoms with Crippen LogP contribution >= 0.6 is 11.6 Å². The van der Waals surface area contributed by atoms with Crippen LogP contribution in [0.2, 0.25) is 5.02 Å². The van der Waals surface area contributed by atoms with E-state index >= 15 is 0 Å². The van der Waals surface area contributed by atoms with Crippen molar-refractivity contribution in [3.8, 4) is 5.75 Å². The zero-order chi connectivity index (χ0) is 19.4. The lowest BCUT2D eigenvalue weighted by Crippen LogP contribution is -2.30. The summed E-state index contributed by atoms with van der Waals surface area (Å²) in [6.07, 6.45) is 3.37. The largest absolute Gasteiger partial charge is 0.496 e. The van der Waals surface area contributed by atoms with Crippen molar-refractivity contribution in [2.24, 2.45) is 5.73 Å². The van der Waals surface area contributed by atoms with Gasteiger partial charge in [0.2, 0.25) is 5.91 Å². The van der Waals surface area contributed by atoms with Crippen LogP contribution in [0.5, 0.6) is 5.75 Å². The maximum absolute atomic E-state index is 12.9. The molecule has 1 saturated heterocycles. The molecule has 2 aromatic rings. The first kappa shape index (κ1) is 19.0. The predicted molar refractivity (Wildman–Crippen MR) is 107 cm³/mol. The third kappa shape index (κ3) is 4.34. The molecule has 3 rings (SSSR count). The topological polar surface area (TPSA) is 84.7 Å². The Labute approximate surface area is 163 Å². The number of halogens is 1. The standard InChI is InChI=1S/C20H22ClN3O3/c1-27-18-8-6-14(21)12-15(18)20(26)23-16-11-13(19(22)25)5-7-17(16)24-9-3-2-4-10-24/h5-8,11-12H,2-4,9-10H2,1H3,(H2,22,25)(H,23,26). The van der Waals surface area contributed by atoms with E-state index in [1.807, 2.05) is 6.07 Å². The van der Waals surface area contributed by atoms with Gasteiger partial charge in [-0.25, -0.2) is 0 Å². The van der Waals surface area contributed by atoms with Crippen LogP contribution in [0.1, 0.15) is 40.0 Å². The summed E-state index contributed by atoms with van der Waals surface area (Å²) in [5, 5.41) is 3.33. The van der Waals surface area contributed by atoms with Gasteiger partial charge in [0.15, 0.2) is 0 Å². The molecule has 3 N–H and O–H groups in total. The first-order valence-electron chi connectivity index (χ1n) is 8.83. The van der Waals surface area contributed by atoms with Gasteiger partial charge in [-0.15, -0.1) is 0 Å². The second-order valence-electron chi connectivity index (χ2n) is 6.44. The van der Waals surface area contributed by atoms with Gasteiger partial charge in [0.05, 0.1) is 24.0 Å². The monoisotopic (exact) mass is 387 g/mol. The summed E-state index contributed by atoms with van der Waals surface area (Å²) in [6, 6.07) is 9.97. The molecule has 1 heterocycles. The van der Waals surface area contributed by atoms with Crippen LogP contribution < -0.4 is 20.7 Å². The van der Waals surface area contributed by atoms with E-state index in [0.717, 1.165) is 31.6 Å². The van der Waals surface area contributed by atoms with Gasteiger partial charge >= 0.3 is 0 Å². The Hall–Kier alpha value is -2.73. The molecular formula is C20H22ClN3O3. The molecule has 0 aliphatic carbocycles. The van der Waals surface area contributed by atoms with Crippen LogP contribution in [0.25, 0.3) is 0 Å². The van der Waals surface area contributed by atoms with Gasteiger partial charge in [-0.3, -0.25) is 9.59 Å². The Morgan fingerprint density at radius 2 is 1.85 bits per heavy atom. The predicted octanol–water partition coefficient (Wildman–Crippen LogP) is 3.69. The van der Waals surface area contributed by atoms with Crippen molar-refractivity contribution >= 4 is 34.8 Å². The number of rotatable bonds is 5. The normalized spacial score (nSPS) is 13.9. The number of benzene rings is 2. The van der Waals surface area contributed by atoms with E-state index < -0.39 is 5.91 Å². The molecule has 1 aliphatic heterocycles. The number of hydrogen-bond donors (Lipinski definition) is 2. The number of nitrogens with zero attached hydrogens (tertiary/aromatic N) is 1. The van der Waals surface area contributed by atoms with Crippen molar-refractivity contribution < 1.29 is 14.3 Å². The summed E-state index contributed by atoms with van der Waals surface area (Å²) < 4.78 is 5.26. The molecule has 1 fully saturated rings. The van der Waals surface area contributed by atoms with Gasteiger partial charge in [0.25, 0.3) is 5.91 Å². The lowest BCUT2D eigenvalue weighted by molar-refractivity contribution is 0.0995. The lowest BCUT2D eigenvalue weighted by Gasteiger charge is -2.30. The van der Waals surface area contributed by atoms with E-state index in [0.29, 0.717) is 27.6 Å². The number of primary amides is 1. The highest BCUT2D eigenvalue weighted by Crippen LogP contribution is 2.31. The van der Waals surface area contributed by atoms with E-state index in [-0.39, 0.29) is 5.91 Å². The van der Waals surface area contributed by atoms with Gasteiger partial charge in [0, 0.05) is 23.7 Å². The van der Waals surface area contributed by atoms with Gasteiger partial charge in [-0.2, -0.15) is 0 Å². The number of ether oxygens (including phenoxy) is 1. The highest BCUT2D eigenvalue weighted by atomic mass is 35.5. The number of carbonyl (C=O) groups excluding carboxylic acids is 2. The van der Waals surface area contributed by atoms with Crippen LogP contribution in [-0.4, -0.2) is 32.0 Å². The van der Waals surface area contributed by atoms with Crippen molar-refractivity contribution in [2.75, 3.05) is 30.4 Å². The fourth-order valence-electron chi connectivity index (χ4n) is 3.25. The van der Waals surface area contributed by atoms with Crippen molar-refractivity contribution in [1.29, 1.82) is 0 Å². The highest BCUT2D eigenvalue weighted by Gasteiger charge is 2.19. The first-order valence-corrected chi connectivity index (χ1v) is 9.21. The molecule has 7 heteroatoms. The second-order valence-corrected chi connectivity index (χ2v) is 6.88. The molecule has 0 aromatic heterocycles. The molecule has 0 radical (unpaired) electrons. The zero-order valence-electron chi connectivity index (χ0n) is 15.1. The molecule has 0 atom stereocenters. The number of carbonyl (C=O) groups is 2. The smallest absolute Gasteiger partial charge is 0.259 e. The lowest BCUT2D eigenvalue weighted by atomic mass is 10.1. The van der Waals surface area contributed by atoms with Gasteiger partial charge in [-0.1, -0.05) is 11.6 Å². The summed E-state index contributed by atoms with van der Waals surface area (Å²) in [5.74, 6) is -0.493. The number of nitrogens with two attached hydrogens (primary N) is 1. The molecule has 142 valence electrons. The van der Waals surface area contributed by atoms with Crippen molar-refractivity contribution in [2.45, 2.75) is 19.3 Å². The SMILES string of the molecule is COc1ccc(Cl)cc1C(=O)Nc1cc(C(N)=O)ccc1N1CCCCC1. The number of amides is 2. The Bertz CT molecular complexity index is 864. The average Bonchev–Trinajstić information content (AvgIpc) is 2.68. The van der Waals surface area contributed by atoms with Gasteiger partial charge in [0.1, 0.15) is 5.75 Å². The molecular weight excluding hydrogens is 366 g/mol. The molecule has 27 heavy (non-hydrogen) atoms. The van der Waals surface area contributed by atoms with E-state index in [9.17, 15) is 9.59 Å². The van der Waals surface area contributed by atoms with E-state index in [4.69, 9.17) is 22.1 Å². The van der Waals surface area contributed by atoms with E-state index in [1.54, 1.807) is 30.3 Å². The van der Waals surface area contributed by atoms with Crippen molar-refractivity contribution in [1.82, 2.24) is 0 Å². The first-order chi connectivity index (χ1) is 13.0. The average molecular weight is 388 g/mol. The van der Waals surface area contributed by atoms with Gasteiger partial charge < -0.3 is 20.7 Å². The molecule has 0 unspecified atom stereocenters. The minimum atomic E-state index is -0.545. The minimum absolute atomic E-state index is 0.319. The van der Waals surface area contributed by atoms with Crippen LogP contribution in [0.15, 0.2) is 36.4 Å². The fraction of sp³-hybridized carbons (Fsp3) is 0.300. The van der Waals surface area contributed by atoms with Crippen molar-refractivity contribution in [3.05, 3.63) is 52.5 Å². The maximum atomic E-state index is 12.9. The van der Waals surface area contributed by atoms with Crippen LogP contribution in [0.4, 0.5) is 11.4 Å². The Balaban J connectivity index is 1.96. The molecule has 0 bridgehead atoms. The summed E-state index contributed by atoms with van der Waals surface area (Å²) in [4.78, 5) is 26.7. The van der Waals surface area contributed by atoms with Crippen molar-refractivity contribution in [3.63, 3.8) is 0 Å². The summed E-state index contributed by atoms with van der Waals surface area (Å²) in [7, 11) is 1.49. The highest BCUT2D eigenvalue weighted by molar-refractivity contribution is 6.31. The maximum Gasteiger partial charge on any atom is 0.259 e. The van der Waals surface area contributed by atoms with Crippen LogP contribution in [0, 0.1) is 0 Å². The Morgan fingerprint density at radius 3 is 2.52 bits per heavy atom. The quantitative estimate of drug-likeness (QED) is 0.819. The molecule has 0 spiro atoms. The number of hydrogen-bond acceptors (Lipinski definition) is 4. The number of nitrogens with one attached hydrogen (secondary N) is 1. The fourth-order valence-corrected chi connectivity index (χ4v) is 3.42. The number of anilines is 2.